The zero-order valence-electron chi connectivity index (χ0n) is 3.37. The Labute approximate surface area is 75.3 Å². The molecule has 7 heavy (non-hydrogen) atoms. The second kappa shape index (κ2) is 5.37. The first kappa shape index (κ1) is 8.23. The van der Waals surface area contributed by atoms with Crippen LogP contribution < -0.4 is 0 Å². The number of allylic oxidation sites excluding steroid dienone is 2. The Morgan fingerprint density at radius 1 is 1.43 bits per heavy atom. The van der Waals surface area contributed by atoms with Crippen molar-refractivity contribution in [2.75, 3.05) is 0 Å². The fourth-order valence-corrected chi connectivity index (χ4v) is 0.967. The second-order valence-corrected chi connectivity index (χ2v) is 2.57. The van der Waals surface area contributed by atoms with Crippen LogP contribution in [0.15, 0.2) is 19.3 Å². The third-order valence-electron chi connectivity index (χ3n) is 0.326. The van der Waals surface area contributed by atoms with E-state index in [9.17, 15) is 0 Å². The van der Waals surface area contributed by atoms with Crippen LogP contribution in [0.25, 0.3) is 0 Å². The summed E-state index contributed by atoms with van der Waals surface area (Å²) in [6.45, 7) is 0. The average molecular weight is 340 g/mol. The molecular formula is C4H3ClI2. The molecule has 40 valence electrons. The molecule has 3 heteroatoms. The molecule has 0 bridgehead atoms. The number of halogens is 3. The summed E-state index contributed by atoms with van der Waals surface area (Å²) in [6, 6.07) is 0. The van der Waals surface area contributed by atoms with Crippen molar-refractivity contribution in [3.05, 3.63) is 19.3 Å². The fraction of sp³-hybridized carbons (Fsp3) is 0. The smallest absolute Gasteiger partial charge is 0.0471 e. The van der Waals surface area contributed by atoms with Gasteiger partial charge in [-0.3, -0.25) is 0 Å². The van der Waals surface area contributed by atoms with Crippen LogP contribution in [-0.4, -0.2) is 0 Å². The van der Waals surface area contributed by atoms with Crippen LogP contribution >= 0.6 is 56.8 Å². The van der Waals surface area contributed by atoms with Gasteiger partial charge in [0.2, 0.25) is 0 Å². The van der Waals surface area contributed by atoms with Gasteiger partial charge in [-0.25, -0.2) is 0 Å². The molecule has 0 radical (unpaired) electrons. The first-order valence-electron chi connectivity index (χ1n) is 1.54. The Hall–Kier alpha value is 1.23. The van der Waals surface area contributed by atoms with Crippen LogP contribution in [-0.2, 0) is 0 Å². The predicted octanol–water partition coefficient (Wildman–Crippen LogP) is 3.45. The van der Waals surface area contributed by atoms with E-state index >= 15 is 0 Å². The fourth-order valence-electron chi connectivity index (χ4n) is 0.0965. The van der Waals surface area contributed by atoms with Crippen molar-refractivity contribution in [2.24, 2.45) is 0 Å². The molecule has 0 saturated carbocycles. The van der Waals surface area contributed by atoms with E-state index < -0.39 is 0 Å². The van der Waals surface area contributed by atoms with Gasteiger partial charge in [0, 0.05) is 5.03 Å². The largest absolute Gasteiger partial charge is 0.0838 e. The van der Waals surface area contributed by atoms with E-state index in [2.05, 4.69) is 45.2 Å². The highest BCUT2D eigenvalue weighted by atomic mass is 127. The highest BCUT2D eigenvalue weighted by Crippen LogP contribution is 2.06. The number of rotatable bonds is 1. The van der Waals surface area contributed by atoms with Crippen molar-refractivity contribution in [1.82, 2.24) is 0 Å². The van der Waals surface area contributed by atoms with E-state index in [1.54, 1.807) is 0 Å². The Bertz CT molecular complexity index is 95.9. The maximum atomic E-state index is 5.53. The molecule has 0 N–H and O–H groups in total. The van der Waals surface area contributed by atoms with Crippen LogP contribution in [0.1, 0.15) is 0 Å². The van der Waals surface area contributed by atoms with Crippen LogP contribution in [0.4, 0.5) is 0 Å². The molecule has 0 amide bonds. The van der Waals surface area contributed by atoms with Gasteiger partial charge in [-0.2, -0.15) is 0 Å². The van der Waals surface area contributed by atoms with Crippen LogP contribution in [0.2, 0.25) is 0 Å². The molecule has 0 aromatic heterocycles. The van der Waals surface area contributed by atoms with Crippen LogP contribution in [0, 0.1) is 0 Å². The molecule has 0 atom stereocenters. The molecule has 0 nitrogen and oxygen atoms in total. The Morgan fingerprint density at radius 2 is 2.00 bits per heavy atom. The number of hydrogen-bond acceptors (Lipinski definition) is 0. The minimum Gasteiger partial charge on any atom is -0.0838 e. The molecule has 0 aromatic rings. The van der Waals surface area contributed by atoms with Gasteiger partial charge in [-0.1, -0.05) is 56.8 Å². The highest BCUT2D eigenvalue weighted by molar-refractivity contribution is 14.1. The monoisotopic (exact) mass is 340 g/mol. The summed E-state index contributed by atoms with van der Waals surface area (Å²) in [7, 11) is 0. The van der Waals surface area contributed by atoms with Crippen molar-refractivity contribution >= 4 is 56.8 Å². The molecule has 0 unspecified atom stereocenters. The molecule has 0 aromatic carbocycles. The predicted molar refractivity (Wildman–Crippen MR) is 51.1 cm³/mol. The SMILES string of the molecule is ClC(=C\I)/C=C/I. The summed E-state index contributed by atoms with van der Waals surface area (Å²) in [5.74, 6) is 0. The van der Waals surface area contributed by atoms with Crippen LogP contribution in [0.3, 0.4) is 0 Å². The van der Waals surface area contributed by atoms with E-state index in [4.69, 9.17) is 11.6 Å². The summed E-state index contributed by atoms with van der Waals surface area (Å²) in [4.78, 5) is 0. The first-order chi connectivity index (χ1) is 3.31. The lowest BCUT2D eigenvalue weighted by Gasteiger charge is -1.76. The van der Waals surface area contributed by atoms with Gasteiger partial charge in [0.15, 0.2) is 0 Å². The van der Waals surface area contributed by atoms with Crippen molar-refractivity contribution < 1.29 is 0 Å². The lowest BCUT2D eigenvalue weighted by molar-refractivity contribution is 2.02. The summed E-state index contributed by atoms with van der Waals surface area (Å²) in [6.07, 6.45) is 1.83. The molecular weight excluding hydrogens is 337 g/mol. The minimum atomic E-state index is 0.773. The van der Waals surface area contributed by atoms with E-state index in [0.29, 0.717) is 0 Å². The standard InChI is InChI=1S/C4H3ClI2/c5-4(3-7)1-2-6/h1-3H/b2-1+,4-3-. The minimum absolute atomic E-state index is 0.773. The average Bonchev–Trinajstić information content (AvgIpc) is 1.68. The van der Waals surface area contributed by atoms with E-state index in [0.717, 1.165) is 5.03 Å². The van der Waals surface area contributed by atoms with Gasteiger partial charge in [0.1, 0.15) is 0 Å². The van der Waals surface area contributed by atoms with Gasteiger partial charge in [0.05, 0.1) is 0 Å². The maximum Gasteiger partial charge on any atom is 0.0471 e. The molecule has 0 aliphatic heterocycles. The molecule has 0 fully saturated rings. The van der Waals surface area contributed by atoms with E-state index in [1.165, 1.54) is 0 Å². The summed E-state index contributed by atoms with van der Waals surface area (Å²) < 4.78 is 3.68. The molecule has 0 aliphatic carbocycles. The zero-order chi connectivity index (χ0) is 5.70. The van der Waals surface area contributed by atoms with E-state index in [-0.39, 0.29) is 0 Å². The van der Waals surface area contributed by atoms with Gasteiger partial charge in [0.25, 0.3) is 0 Å². The maximum absolute atomic E-state index is 5.53. The number of hydrogen-bond donors (Lipinski definition) is 0. The zero-order valence-corrected chi connectivity index (χ0v) is 8.44. The molecule has 0 saturated heterocycles. The Morgan fingerprint density at radius 3 is 2.14 bits per heavy atom. The summed E-state index contributed by atoms with van der Waals surface area (Å²) in [5.41, 5.74) is 0. The molecule has 0 spiro atoms. The Kier molecular flexibility index (Phi) is 6.31. The summed E-state index contributed by atoms with van der Waals surface area (Å²) in [5, 5.41) is 0.773. The lowest BCUT2D eigenvalue weighted by Crippen LogP contribution is -1.50. The van der Waals surface area contributed by atoms with Crippen LogP contribution in [0.5, 0.6) is 0 Å². The highest BCUT2D eigenvalue weighted by Gasteiger charge is 1.75. The topological polar surface area (TPSA) is 0 Å². The second-order valence-electron chi connectivity index (χ2n) is 0.787. The Balaban J connectivity index is 3.58. The molecule has 0 heterocycles. The van der Waals surface area contributed by atoms with Gasteiger partial charge >= 0.3 is 0 Å². The van der Waals surface area contributed by atoms with Gasteiger partial charge < -0.3 is 0 Å². The van der Waals surface area contributed by atoms with Crippen molar-refractivity contribution in [1.29, 1.82) is 0 Å². The molecule has 0 aliphatic rings. The van der Waals surface area contributed by atoms with Crippen molar-refractivity contribution in [3.63, 3.8) is 0 Å². The third kappa shape index (κ3) is 5.10. The molecule has 0 rings (SSSR count). The van der Waals surface area contributed by atoms with Gasteiger partial charge in [-0.15, -0.1) is 0 Å². The summed E-state index contributed by atoms with van der Waals surface area (Å²) >= 11 is 9.73. The first-order valence-corrected chi connectivity index (χ1v) is 4.41. The van der Waals surface area contributed by atoms with E-state index in [1.807, 2.05) is 14.2 Å². The quantitative estimate of drug-likeness (QED) is 0.507. The lowest BCUT2D eigenvalue weighted by atomic mass is 10.6. The van der Waals surface area contributed by atoms with Crippen molar-refractivity contribution in [3.8, 4) is 0 Å². The van der Waals surface area contributed by atoms with Crippen molar-refractivity contribution in [2.45, 2.75) is 0 Å². The third-order valence-corrected chi connectivity index (χ3v) is 1.96. The van der Waals surface area contributed by atoms with Gasteiger partial charge in [-0.05, 0) is 14.2 Å². The normalized spacial score (nSPS) is 13.3.